The van der Waals surface area contributed by atoms with Gasteiger partial charge < -0.3 is 4.11 Å². The van der Waals surface area contributed by atoms with E-state index in [9.17, 15) is 12.9 Å². The molecule has 0 aliphatic heterocycles. The summed E-state index contributed by atoms with van der Waals surface area (Å²) in [6.07, 6.45) is 0. The van der Waals surface area contributed by atoms with E-state index in [1.54, 1.807) is 0 Å². The molecule has 0 unspecified atom stereocenters. The Balaban J connectivity index is 0.000000371. The van der Waals surface area contributed by atoms with E-state index in [2.05, 4.69) is 0 Å². The lowest BCUT2D eigenvalue weighted by molar-refractivity contribution is 0.508. The summed E-state index contributed by atoms with van der Waals surface area (Å²) < 4.78 is 33.5. The zero-order valence-electron chi connectivity index (χ0n) is 5.44. The molecule has 0 aliphatic rings. The van der Waals surface area contributed by atoms with Crippen molar-refractivity contribution in [2.24, 2.45) is 0 Å². The molecule has 0 aliphatic carbocycles. The number of benzene rings is 1. The first kappa shape index (κ1) is 9.23. The maximum Gasteiger partial charge on any atom is 0.201 e. The van der Waals surface area contributed by atoms with Crippen molar-refractivity contribution in [2.75, 3.05) is 0 Å². The van der Waals surface area contributed by atoms with Gasteiger partial charge in [-0.3, -0.25) is 0 Å². The van der Waals surface area contributed by atoms with Crippen LogP contribution < -0.4 is 0 Å². The number of halogens is 3. The molecule has 0 amide bonds. The quantitative estimate of drug-likeness (QED) is 0.399. The molecule has 0 fully saturated rings. The summed E-state index contributed by atoms with van der Waals surface area (Å²) in [5.41, 5.74) is 0. The van der Waals surface area contributed by atoms with Crippen LogP contribution in [0.15, 0.2) is 24.3 Å². The van der Waals surface area contributed by atoms with E-state index in [-0.39, 0.29) is 10.6 Å². The minimum absolute atomic E-state index is 0.194. The molecule has 0 bridgehead atoms. The van der Waals surface area contributed by atoms with Crippen LogP contribution in [0.4, 0.5) is 12.9 Å². The number of rotatable bonds is 0. The van der Waals surface area contributed by atoms with Gasteiger partial charge in [0.15, 0.2) is 11.6 Å². The third kappa shape index (κ3) is 2.68. The molecule has 0 spiro atoms. The second-order valence-corrected chi connectivity index (χ2v) is 1.41. The topological polar surface area (TPSA) is 0 Å². The standard InChI is InChI=1S/C6H4F2.FH3Si/c7-5-3-1-2-4-6(5)8;1-2/h1-4H;2H3. The second kappa shape index (κ2) is 5.05. The van der Waals surface area contributed by atoms with Gasteiger partial charge >= 0.3 is 0 Å². The maximum absolute atomic E-state index is 11.9. The third-order valence-electron chi connectivity index (χ3n) is 0.824. The average molecular weight is 164 g/mol. The maximum atomic E-state index is 11.9. The minimum Gasteiger partial charge on any atom is -0.327 e. The van der Waals surface area contributed by atoms with Crippen molar-refractivity contribution in [1.29, 1.82) is 0 Å². The lowest BCUT2D eigenvalue weighted by Gasteiger charge is -1.85. The Bertz CT molecular complexity index is 169. The molecular weight excluding hydrogens is 157 g/mol. The van der Waals surface area contributed by atoms with Crippen molar-refractivity contribution in [3.63, 3.8) is 0 Å². The van der Waals surface area contributed by atoms with E-state index in [4.69, 9.17) is 0 Å². The molecule has 1 aromatic carbocycles. The third-order valence-corrected chi connectivity index (χ3v) is 0.824. The van der Waals surface area contributed by atoms with Crippen molar-refractivity contribution in [2.45, 2.75) is 0 Å². The van der Waals surface area contributed by atoms with Crippen LogP contribution in [0.5, 0.6) is 0 Å². The van der Waals surface area contributed by atoms with Crippen LogP contribution in [0, 0.1) is 11.6 Å². The van der Waals surface area contributed by atoms with E-state index in [1.165, 1.54) is 12.1 Å². The van der Waals surface area contributed by atoms with Gasteiger partial charge in [-0.15, -0.1) is 0 Å². The first-order valence-electron chi connectivity index (χ1n) is 2.58. The monoisotopic (exact) mass is 164 g/mol. The number of hydrogen-bond acceptors (Lipinski definition) is 0. The first-order valence-corrected chi connectivity index (χ1v) is 3.34. The fraction of sp³-hybridized carbons (Fsp3) is 0. The van der Waals surface area contributed by atoms with Crippen LogP contribution >= 0.6 is 0 Å². The van der Waals surface area contributed by atoms with Gasteiger partial charge in [0, 0.05) is 0 Å². The van der Waals surface area contributed by atoms with Gasteiger partial charge in [-0.2, -0.15) is 0 Å². The molecule has 0 radical (unpaired) electrons. The van der Waals surface area contributed by atoms with Crippen molar-refractivity contribution < 1.29 is 12.9 Å². The summed E-state index contributed by atoms with van der Waals surface area (Å²) in [4.78, 5) is 0. The van der Waals surface area contributed by atoms with Gasteiger partial charge in [-0.1, -0.05) is 12.1 Å². The SMILES string of the molecule is F[SiH3].Fc1ccccc1F. The summed E-state index contributed by atoms with van der Waals surface area (Å²) >= 11 is 0. The van der Waals surface area contributed by atoms with Crippen LogP contribution in [0.25, 0.3) is 0 Å². The van der Waals surface area contributed by atoms with Crippen LogP contribution in [0.3, 0.4) is 0 Å². The molecule has 0 nitrogen and oxygen atoms in total. The molecule has 0 saturated heterocycles. The van der Waals surface area contributed by atoms with Crippen LogP contribution in [0.2, 0.25) is 0 Å². The predicted molar refractivity (Wildman–Crippen MR) is 37.4 cm³/mol. The Labute approximate surface area is 60.3 Å². The summed E-state index contributed by atoms with van der Waals surface area (Å²) in [5, 5.41) is 0. The normalized spacial score (nSPS) is 8.30. The highest BCUT2D eigenvalue weighted by molar-refractivity contribution is 5.96. The number of hydrogen-bond donors (Lipinski definition) is 0. The van der Waals surface area contributed by atoms with Gasteiger partial charge in [-0.25, -0.2) is 8.78 Å². The van der Waals surface area contributed by atoms with Gasteiger partial charge in [0.05, 0.1) is 0 Å². The summed E-state index contributed by atoms with van der Waals surface area (Å²) in [6.45, 7) is 0. The highest BCUT2D eigenvalue weighted by Crippen LogP contribution is 2.01. The largest absolute Gasteiger partial charge is 0.327 e. The van der Waals surface area contributed by atoms with E-state index in [0.29, 0.717) is 0 Å². The van der Waals surface area contributed by atoms with Crippen molar-refractivity contribution in [3.05, 3.63) is 35.9 Å². The van der Waals surface area contributed by atoms with E-state index in [1.807, 2.05) is 0 Å². The van der Waals surface area contributed by atoms with Gasteiger partial charge in [0.2, 0.25) is 10.6 Å². The molecule has 56 valence electrons. The predicted octanol–water partition coefficient (Wildman–Crippen LogP) is 1.20. The smallest absolute Gasteiger partial charge is 0.201 e. The Morgan fingerprint density at radius 1 is 0.900 bits per heavy atom. The molecule has 0 N–H and O–H groups in total. The van der Waals surface area contributed by atoms with Crippen molar-refractivity contribution in [1.82, 2.24) is 0 Å². The minimum atomic E-state index is -0.799. The fourth-order valence-corrected chi connectivity index (χ4v) is 0.439. The molecule has 0 heterocycles. The van der Waals surface area contributed by atoms with Gasteiger partial charge in [0.1, 0.15) is 0 Å². The average Bonchev–Trinajstić information content (AvgIpc) is 2.00. The van der Waals surface area contributed by atoms with Crippen LogP contribution in [0.1, 0.15) is 0 Å². The zero-order valence-corrected chi connectivity index (χ0v) is 7.44. The van der Waals surface area contributed by atoms with E-state index < -0.39 is 11.6 Å². The van der Waals surface area contributed by atoms with Crippen LogP contribution in [-0.4, -0.2) is 10.6 Å². The Morgan fingerprint density at radius 3 is 1.40 bits per heavy atom. The molecule has 0 saturated carbocycles. The summed E-state index contributed by atoms with van der Waals surface area (Å²) in [7, 11) is -0.194. The molecule has 10 heavy (non-hydrogen) atoms. The highest BCUT2D eigenvalue weighted by atomic mass is 28.2. The molecule has 1 rings (SSSR count). The summed E-state index contributed by atoms with van der Waals surface area (Å²) in [5.74, 6) is -1.60. The van der Waals surface area contributed by atoms with Gasteiger partial charge in [-0.05, 0) is 12.1 Å². The molecular formula is C6H7F3Si. The Kier molecular flexibility index (Phi) is 4.66. The molecule has 0 aromatic heterocycles. The van der Waals surface area contributed by atoms with E-state index >= 15 is 0 Å². The summed E-state index contributed by atoms with van der Waals surface area (Å²) in [6, 6.07) is 5.04. The van der Waals surface area contributed by atoms with E-state index in [0.717, 1.165) is 12.1 Å². The van der Waals surface area contributed by atoms with Gasteiger partial charge in [0.25, 0.3) is 0 Å². The van der Waals surface area contributed by atoms with Crippen molar-refractivity contribution in [3.8, 4) is 0 Å². The highest BCUT2D eigenvalue weighted by Gasteiger charge is 1.93. The van der Waals surface area contributed by atoms with Crippen LogP contribution in [-0.2, 0) is 0 Å². The Hall–Kier alpha value is -0.773. The Morgan fingerprint density at radius 2 is 1.20 bits per heavy atom. The van der Waals surface area contributed by atoms with Crippen molar-refractivity contribution >= 4 is 10.6 Å². The lowest BCUT2D eigenvalue weighted by atomic mass is 10.3. The fourth-order valence-electron chi connectivity index (χ4n) is 0.439. The molecule has 0 atom stereocenters. The first-order chi connectivity index (χ1) is 4.80. The zero-order chi connectivity index (χ0) is 7.98. The molecule has 1 aromatic rings. The lowest BCUT2D eigenvalue weighted by Crippen LogP contribution is -1.77. The second-order valence-electron chi connectivity index (χ2n) is 1.41. The molecule has 4 heteroatoms.